The molecule has 0 radical (unpaired) electrons. The summed E-state index contributed by atoms with van der Waals surface area (Å²) in [6.07, 6.45) is 1.12. The van der Waals surface area contributed by atoms with Gasteiger partial charge in [0.25, 0.3) is 0 Å². The second-order valence-electron chi connectivity index (χ2n) is 8.22. The Hall–Kier alpha value is -2.93. The summed E-state index contributed by atoms with van der Waals surface area (Å²) in [6, 6.07) is 7.50. The van der Waals surface area contributed by atoms with Crippen LogP contribution < -0.4 is 10.5 Å². The van der Waals surface area contributed by atoms with Crippen LogP contribution in [0.4, 0.5) is 5.69 Å². The van der Waals surface area contributed by atoms with Crippen LogP contribution in [0.3, 0.4) is 0 Å². The van der Waals surface area contributed by atoms with E-state index in [0.29, 0.717) is 39.2 Å². The van der Waals surface area contributed by atoms with E-state index in [-0.39, 0.29) is 17.8 Å². The molecule has 0 bridgehead atoms. The number of ether oxygens (including phenoxy) is 2. The Kier molecular flexibility index (Phi) is 5.02. The molecule has 2 heterocycles. The number of fused-ring (bicyclic) bond motifs is 2. The number of hydrogen-bond donors (Lipinski definition) is 1. The quantitative estimate of drug-likeness (QED) is 0.600. The number of nitrogens with zero attached hydrogens (tertiary/aromatic N) is 1. The van der Waals surface area contributed by atoms with E-state index in [1.807, 2.05) is 24.3 Å². The van der Waals surface area contributed by atoms with E-state index in [9.17, 15) is 9.59 Å². The molecule has 2 aromatic heterocycles. The van der Waals surface area contributed by atoms with Crippen LogP contribution in [-0.4, -0.2) is 30.5 Å². The fraction of sp³-hybridized carbons (Fsp3) is 0.348. The molecule has 1 aromatic carbocycles. The fourth-order valence-electron chi connectivity index (χ4n) is 4.06. The van der Waals surface area contributed by atoms with E-state index in [1.54, 1.807) is 14.0 Å². The van der Waals surface area contributed by atoms with E-state index in [2.05, 4.69) is 13.8 Å². The van der Waals surface area contributed by atoms with Crippen molar-refractivity contribution in [2.45, 2.75) is 33.6 Å². The fourth-order valence-corrected chi connectivity index (χ4v) is 5.08. The lowest BCUT2D eigenvalue weighted by Crippen LogP contribution is -2.28. The van der Waals surface area contributed by atoms with Crippen LogP contribution >= 0.6 is 11.3 Å². The molecule has 0 unspecified atom stereocenters. The summed E-state index contributed by atoms with van der Waals surface area (Å²) in [5.41, 5.74) is 9.51. The monoisotopic (exact) mass is 424 g/mol. The highest BCUT2D eigenvalue weighted by molar-refractivity contribution is 7.21. The van der Waals surface area contributed by atoms with Crippen LogP contribution in [0, 0.1) is 5.41 Å². The van der Waals surface area contributed by atoms with Gasteiger partial charge in [-0.15, -0.1) is 11.3 Å². The van der Waals surface area contributed by atoms with Gasteiger partial charge < -0.3 is 15.2 Å². The Morgan fingerprint density at radius 1 is 1.20 bits per heavy atom. The molecule has 7 heteroatoms. The third-order valence-corrected chi connectivity index (χ3v) is 6.43. The minimum absolute atomic E-state index is 0.0461. The molecular formula is C23H24N2O4S. The van der Waals surface area contributed by atoms with Crippen molar-refractivity contribution >= 4 is 39.0 Å². The number of nitrogens with two attached hydrogens (primary N) is 1. The Balaban J connectivity index is 2.05. The predicted octanol–water partition coefficient (Wildman–Crippen LogP) is 4.89. The van der Waals surface area contributed by atoms with Crippen molar-refractivity contribution in [1.82, 2.24) is 4.98 Å². The molecule has 0 saturated carbocycles. The van der Waals surface area contributed by atoms with Gasteiger partial charge in [0.05, 0.1) is 25.1 Å². The predicted molar refractivity (Wildman–Crippen MR) is 118 cm³/mol. The number of pyridine rings is 1. The molecule has 0 amide bonds. The van der Waals surface area contributed by atoms with Crippen molar-refractivity contribution in [2.75, 3.05) is 19.5 Å². The lowest BCUT2D eigenvalue weighted by Gasteiger charge is -2.31. The maximum atomic E-state index is 13.2. The van der Waals surface area contributed by atoms with Crippen molar-refractivity contribution in [3.63, 3.8) is 0 Å². The number of rotatable bonds is 4. The molecule has 0 spiro atoms. The highest BCUT2D eigenvalue weighted by Crippen LogP contribution is 2.46. The summed E-state index contributed by atoms with van der Waals surface area (Å²) in [4.78, 5) is 31.4. The summed E-state index contributed by atoms with van der Waals surface area (Å²) in [5.74, 6) is 0.295. The lowest BCUT2D eigenvalue weighted by atomic mass is 9.73. The second kappa shape index (κ2) is 7.40. The van der Waals surface area contributed by atoms with Gasteiger partial charge in [-0.3, -0.25) is 4.79 Å². The minimum Gasteiger partial charge on any atom is -0.497 e. The number of carbonyl (C=O) groups excluding carboxylic acids is 2. The van der Waals surface area contributed by atoms with E-state index >= 15 is 0 Å². The van der Waals surface area contributed by atoms with Crippen LogP contribution in [0.1, 0.15) is 52.9 Å². The maximum absolute atomic E-state index is 13.2. The lowest BCUT2D eigenvalue weighted by molar-refractivity contribution is 0.0533. The van der Waals surface area contributed by atoms with Gasteiger partial charge in [0.1, 0.15) is 15.5 Å². The number of ketones is 1. The summed E-state index contributed by atoms with van der Waals surface area (Å²) in [5, 5.41) is 0.639. The first-order chi connectivity index (χ1) is 14.3. The van der Waals surface area contributed by atoms with E-state index in [4.69, 9.17) is 20.2 Å². The average Bonchev–Trinajstić information content (AvgIpc) is 3.02. The van der Waals surface area contributed by atoms with Crippen molar-refractivity contribution in [3.05, 3.63) is 40.4 Å². The molecular weight excluding hydrogens is 400 g/mol. The Morgan fingerprint density at radius 2 is 1.90 bits per heavy atom. The molecule has 6 nitrogen and oxygen atoms in total. The van der Waals surface area contributed by atoms with E-state index in [1.165, 1.54) is 11.3 Å². The average molecular weight is 425 g/mol. The van der Waals surface area contributed by atoms with E-state index in [0.717, 1.165) is 22.6 Å². The summed E-state index contributed by atoms with van der Waals surface area (Å²) in [6.45, 7) is 6.15. The number of Topliss-reactive ketones (excluding diaryl/α,β-unsaturated/α-hetero) is 1. The number of thiophene rings is 1. The number of methoxy groups -OCH3 is 1. The third-order valence-electron chi connectivity index (χ3n) is 5.36. The molecule has 3 aromatic rings. The zero-order valence-electron chi connectivity index (χ0n) is 17.5. The molecule has 0 aliphatic heterocycles. The zero-order valence-corrected chi connectivity index (χ0v) is 18.3. The van der Waals surface area contributed by atoms with Gasteiger partial charge in [-0.05, 0) is 36.5 Å². The molecule has 0 atom stereocenters. The van der Waals surface area contributed by atoms with Crippen molar-refractivity contribution in [2.24, 2.45) is 5.41 Å². The van der Waals surface area contributed by atoms with Gasteiger partial charge >= 0.3 is 5.97 Å². The van der Waals surface area contributed by atoms with Crippen LogP contribution in [0.5, 0.6) is 5.75 Å². The minimum atomic E-state index is -0.469. The third kappa shape index (κ3) is 3.33. The summed E-state index contributed by atoms with van der Waals surface area (Å²) < 4.78 is 10.5. The standard InChI is InChI=1S/C23H24N2O4S/c1-5-29-22(27)20-19(24)18-16(12-6-8-13(28-4)9-7-12)17-14(25-21(18)30-20)10-23(2,3)11-15(17)26/h6-9H,5,10-11,24H2,1-4H3. The number of esters is 1. The number of benzene rings is 1. The number of anilines is 1. The Labute approximate surface area is 179 Å². The van der Waals surface area contributed by atoms with Gasteiger partial charge in [-0.25, -0.2) is 9.78 Å². The Morgan fingerprint density at radius 3 is 2.53 bits per heavy atom. The first-order valence-electron chi connectivity index (χ1n) is 9.85. The number of carbonyl (C=O) groups is 2. The van der Waals surface area contributed by atoms with Crippen molar-refractivity contribution in [3.8, 4) is 16.9 Å². The molecule has 2 N–H and O–H groups in total. The van der Waals surface area contributed by atoms with Gasteiger partial charge in [-0.1, -0.05) is 26.0 Å². The SMILES string of the molecule is CCOC(=O)c1sc2nc3c(c(-c4ccc(OC)cc4)c2c1N)C(=O)CC(C)(C)C3. The van der Waals surface area contributed by atoms with E-state index < -0.39 is 5.97 Å². The first kappa shape index (κ1) is 20.3. The maximum Gasteiger partial charge on any atom is 0.350 e. The summed E-state index contributed by atoms with van der Waals surface area (Å²) in [7, 11) is 1.61. The molecule has 0 fully saturated rings. The first-order valence-corrected chi connectivity index (χ1v) is 10.7. The molecule has 1 aliphatic carbocycles. The van der Waals surface area contributed by atoms with Crippen molar-refractivity contribution < 1.29 is 19.1 Å². The molecule has 1 aliphatic rings. The highest BCUT2D eigenvalue weighted by Gasteiger charge is 2.36. The molecule has 4 rings (SSSR count). The highest BCUT2D eigenvalue weighted by atomic mass is 32.1. The Bertz CT molecular complexity index is 1160. The number of nitrogen functional groups attached to an aromatic ring is 1. The topological polar surface area (TPSA) is 91.5 Å². The molecule has 30 heavy (non-hydrogen) atoms. The van der Waals surface area contributed by atoms with Crippen molar-refractivity contribution in [1.29, 1.82) is 0 Å². The van der Waals surface area contributed by atoms with Gasteiger partial charge in [0, 0.05) is 22.9 Å². The van der Waals surface area contributed by atoms with Gasteiger partial charge in [-0.2, -0.15) is 0 Å². The zero-order chi connectivity index (χ0) is 21.6. The molecule has 0 saturated heterocycles. The smallest absolute Gasteiger partial charge is 0.350 e. The molecule has 156 valence electrons. The van der Waals surface area contributed by atoms with Crippen LogP contribution in [0.15, 0.2) is 24.3 Å². The van der Waals surface area contributed by atoms with Crippen LogP contribution in [0.2, 0.25) is 0 Å². The summed E-state index contributed by atoms with van der Waals surface area (Å²) >= 11 is 1.22. The van der Waals surface area contributed by atoms with Crippen LogP contribution in [-0.2, 0) is 11.2 Å². The number of aromatic nitrogens is 1. The van der Waals surface area contributed by atoms with Gasteiger partial charge in [0.15, 0.2) is 5.78 Å². The normalized spacial score (nSPS) is 15.1. The van der Waals surface area contributed by atoms with Gasteiger partial charge in [0.2, 0.25) is 0 Å². The number of hydrogen-bond acceptors (Lipinski definition) is 7. The van der Waals surface area contributed by atoms with Crippen LogP contribution in [0.25, 0.3) is 21.3 Å². The second-order valence-corrected chi connectivity index (χ2v) is 9.22. The largest absolute Gasteiger partial charge is 0.497 e.